The smallest absolute Gasteiger partial charge is 0.347 e. The Labute approximate surface area is 111 Å². The van der Waals surface area contributed by atoms with Gasteiger partial charge in [0.25, 0.3) is 0 Å². The lowest BCUT2D eigenvalue weighted by Crippen LogP contribution is -2.51. The Bertz CT molecular complexity index is 492. The van der Waals surface area contributed by atoms with E-state index in [1.807, 2.05) is 0 Å². The summed E-state index contributed by atoms with van der Waals surface area (Å²) in [6, 6.07) is 1.63. The number of hydrogen-bond acceptors (Lipinski definition) is 4. The quantitative estimate of drug-likeness (QED) is 0.832. The molecular formula is C13H19N3O3. The van der Waals surface area contributed by atoms with Crippen LogP contribution in [0, 0.1) is 0 Å². The molecule has 1 heterocycles. The molecule has 1 amide bonds. The van der Waals surface area contributed by atoms with E-state index in [1.54, 1.807) is 19.4 Å². The first-order chi connectivity index (χ1) is 9.15. The van der Waals surface area contributed by atoms with Gasteiger partial charge < -0.3 is 10.1 Å². The first-order valence-corrected chi connectivity index (χ1v) is 6.47. The zero-order valence-corrected chi connectivity index (χ0v) is 11.1. The maximum Gasteiger partial charge on any atom is 0.347 e. The zero-order valence-electron chi connectivity index (χ0n) is 11.1. The predicted molar refractivity (Wildman–Crippen MR) is 69.7 cm³/mol. The second-order valence-electron chi connectivity index (χ2n) is 5.00. The lowest BCUT2D eigenvalue weighted by Gasteiger charge is -2.29. The van der Waals surface area contributed by atoms with Crippen molar-refractivity contribution in [3.63, 3.8) is 0 Å². The molecule has 6 nitrogen and oxygen atoms in total. The molecular weight excluding hydrogens is 246 g/mol. The van der Waals surface area contributed by atoms with Crippen LogP contribution < -0.4 is 11.0 Å². The fraction of sp³-hybridized carbons (Fsp3) is 0.615. The molecule has 1 fully saturated rings. The Morgan fingerprint density at radius 3 is 2.89 bits per heavy atom. The van der Waals surface area contributed by atoms with Gasteiger partial charge in [-0.25, -0.2) is 9.78 Å². The van der Waals surface area contributed by atoms with E-state index in [0.29, 0.717) is 6.61 Å². The zero-order chi connectivity index (χ0) is 13.7. The van der Waals surface area contributed by atoms with Gasteiger partial charge in [0.1, 0.15) is 6.54 Å². The molecule has 1 aromatic heterocycles. The van der Waals surface area contributed by atoms with Gasteiger partial charge in [-0.15, -0.1) is 0 Å². The second-order valence-corrected chi connectivity index (χ2v) is 5.00. The summed E-state index contributed by atoms with van der Waals surface area (Å²) >= 11 is 0. The molecule has 0 radical (unpaired) electrons. The van der Waals surface area contributed by atoms with E-state index in [-0.39, 0.29) is 18.0 Å². The molecule has 0 aromatic carbocycles. The summed E-state index contributed by atoms with van der Waals surface area (Å²) in [4.78, 5) is 27.1. The third kappa shape index (κ3) is 3.41. The fourth-order valence-corrected chi connectivity index (χ4v) is 2.63. The Balaban J connectivity index is 2.00. The molecule has 0 bridgehead atoms. The summed E-state index contributed by atoms with van der Waals surface area (Å²) in [5.74, 6) is -0.172. The maximum absolute atomic E-state index is 12.0. The number of rotatable bonds is 5. The van der Waals surface area contributed by atoms with Crippen LogP contribution in [-0.2, 0) is 16.1 Å². The van der Waals surface area contributed by atoms with E-state index >= 15 is 0 Å². The van der Waals surface area contributed by atoms with Crippen molar-refractivity contribution < 1.29 is 9.53 Å². The van der Waals surface area contributed by atoms with Gasteiger partial charge in [-0.1, -0.05) is 12.8 Å². The van der Waals surface area contributed by atoms with Crippen LogP contribution in [-0.4, -0.2) is 34.7 Å². The van der Waals surface area contributed by atoms with Crippen molar-refractivity contribution in [1.29, 1.82) is 0 Å². The highest BCUT2D eigenvalue weighted by molar-refractivity contribution is 5.76. The van der Waals surface area contributed by atoms with Crippen molar-refractivity contribution in [2.45, 2.75) is 37.8 Å². The van der Waals surface area contributed by atoms with Gasteiger partial charge in [0.15, 0.2) is 0 Å². The van der Waals surface area contributed by atoms with Crippen molar-refractivity contribution >= 4 is 5.91 Å². The van der Waals surface area contributed by atoms with E-state index in [2.05, 4.69) is 10.3 Å². The van der Waals surface area contributed by atoms with Crippen molar-refractivity contribution in [3.05, 3.63) is 28.9 Å². The molecule has 19 heavy (non-hydrogen) atoms. The van der Waals surface area contributed by atoms with Crippen LogP contribution in [0.5, 0.6) is 0 Å². The Morgan fingerprint density at radius 1 is 1.53 bits per heavy atom. The van der Waals surface area contributed by atoms with Crippen LogP contribution in [0.2, 0.25) is 0 Å². The molecule has 1 aliphatic carbocycles. The summed E-state index contributed by atoms with van der Waals surface area (Å²) in [5.41, 5.74) is -0.678. The van der Waals surface area contributed by atoms with E-state index in [0.717, 1.165) is 25.7 Å². The molecule has 6 heteroatoms. The number of hydrogen-bond donors (Lipinski definition) is 1. The van der Waals surface area contributed by atoms with Crippen molar-refractivity contribution in [2.24, 2.45) is 0 Å². The lowest BCUT2D eigenvalue weighted by atomic mass is 9.99. The summed E-state index contributed by atoms with van der Waals surface area (Å²) in [5, 5.41) is 3.02. The Morgan fingerprint density at radius 2 is 2.26 bits per heavy atom. The number of nitrogens with zero attached hydrogens (tertiary/aromatic N) is 2. The highest BCUT2D eigenvalue weighted by Gasteiger charge is 2.35. The lowest BCUT2D eigenvalue weighted by molar-refractivity contribution is -0.124. The molecule has 1 N–H and O–H groups in total. The van der Waals surface area contributed by atoms with E-state index in [4.69, 9.17) is 4.74 Å². The predicted octanol–water partition coefficient (Wildman–Crippen LogP) is 0.319. The molecule has 1 aromatic rings. The number of aromatic nitrogens is 2. The molecule has 104 valence electrons. The average molecular weight is 265 g/mol. The van der Waals surface area contributed by atoms with Crippen LogP contribution in [0.3, 0.4) is 0 Å². The van der Waals surface area contributed by atoms with Crippen molar-refractivity contribution in [3.8, 4) is 0 Å². The first-order valence-electron chi connectivity index (χ1n) is 6.47. The minimum atomic E-state index is -0.412. The number of methoxy groups -OCH3 is 1. The maximum atomic E-state index is 12.0. The fourth-order valence-electron chi connectivity index (χ4n) is 2.63. The van der Waals surface area contributed by atoms with Gasteiger partial charge in [0.2, 0.25) is 5.91 Å². The molecule has 0 aliphatic heterocycles. The standard InChI is InChI=1S/C13H19N3O3/c1-19-10-13(5-2-3-6-13)15-11(17)9-16-8-4-7-14-12(16)18/h4,7-8H,2-3,5-6,9-10H2,1H3,(H,15,17). The molecule has 0 unspecified atom stereocenters. The monoisotopic (exact) mass is 265 g/mol. The summed E-state index contributed by atoms with van der Waals surface area (Å²) in [7, 11) is 1.64. The Kier molecular flexibility index (Phi) is 4.31. The average Bonchev–Trinajstić information content (AvgIpc) is 2.81. The molecule has 0 atom stereocenters. The van der Waals surface area contributed by atoms with Crippen LogP contribution >= 0.6 is 0 Å². The third-order valence-corrected chi connectivity index (χ3v) is 3.48. The van der Waals surface area contributed by atoms with Gasteiger partial charge in [0, 0.05) is 19.5 Å². The summed E-state index contributed by atoms with van der Waals surface area (Å²) < 4.78 is 6.50. The van der Waals surface area contributed by atoms with E-state index in [1.165, 1.54) is 10.8 Å². The van der Waals surface area contributed by atoms with Crippen molar-refractivity contribution in [1.82, 2.24) is 14.9 Å². The molecule has 1 saturated carbocycles. The van der Waals surface area contributed by atoms with Crippen LogP contribution in [0.4, 0.5) is 0 Å². The van der Waals surface area contributed by atoms with Gasteiger partial charge in [0.05, 0.1) is 12.1 Å². The third-order valence-electron chi connectivity index (χ3n) is 3.48. The topological polar surface area (TPSA) is 73.2 Å². The Hall–Kier alpha value is -1.69. The largest absolute Gasteiger partial charge is 0.382 e. The SMILES string of the molecule is COCC1(NC(=O)Cn2cccnc2=O)CCCC1. The highest BCUT2D eigenvalue weighted by Crippen LogP contribution is 2.29. The van der Waals surface area contributed by atoms with Crippen molar-refractivity contribution in [2.75, 3.05) is 13.7 Å². The minimum absolute atomic E-state index is 0.00185. The molecule has 2 rings (SSSR count). The second kappa shape index (κ2) is 5.97. The first kappa shape index (κ1) is 13.7. The number of carbonyl (C=O) groups excluding carboxylic acids is 1. The normalized spacial score (nSPS) is 17.3. The minimum Gasteiger partial charge on any atom is -0.382 e. The molecule has 0 saturated heterocycles. The van der Waals surface area contributed by atoms with Gasteiger partial charge in [-0.2, -0.15) is 0 Å². The van der Waals surface area contributed by atoms with Crippen LogP contribution in [0.15, 0.2) is 23.3 Å². The molecule has 1 aliphatic rings. The van der Waals surface area contributed by atoms with Crippen LogP contribution in [0.1, 0.15) is 25.7 Å². The molecule has 0 spiro atoms. The van der Waals surface area contributed by atoms with Crippen LogP contribution in [0.25, 0.3) is 0 Å². The van der Waals surface area contributed by atoms with Gasteiger partial charge in [-0.05, 0) is 18.9 Å². The number of ether oxygens (including phenoxy) is 1. The summed E-state index contributed by atoms with van der Waals surface area (Å²) in [6.07, 6.45) is 7.02. The number of carbonyl (C=O) groups is 1. The highest BCUT2D eigenvalue weighted by atomic mass is 16.5. The number of nitrogens with one attached hydrogen (secondary N) is 1. The number of amides is 1. The summed E-state index contributed by atoms with van der Waals surface area (Å²) in [6.45, 7) is 0.513. The van der Waals surface area contributed by atoms with Gasteiger partial charge >= 0.3 is 5.69 Å². The van der Waals surface area contributed by atoms with Gasteiger partial charge in [-0.3, -0.25) is 9.36 Å². The van der Waals surface area contributed by atoms with E-state index in [9.17, 15) is 9.59 Å². The van der Waals surface area contributed by atoms with E-state index < -0.39 is 5.69 Å².